The Morgan fingerprint density at radius 2 is 2.10 bits per heavy atom. The van der Waals surface area contributed by atoms with Gasteiger partial charge in [0, 0.05) is 29.6 Å². The Balaban J connectivity index is 2.06. The molecule has 1 heterocycles. The molecule has 1 aromatic carbocycles. The van der Waals surface area contributed by atoms with E-state index in [1.807, 2.05) is 24.3 Å². The van der Waals surface area contributed by atoms with E-state index in [2.05, 4.69) is 38.3 Å². The van der Waals surface area contributed by atoms with Crippen LogP contribution in [0.2, 0.25) is 0 Å². The SMILES string of the molecule is CCNC(COC)Cc1nc(-c2ccc(Br)cc2)no1. The van der Waals surface area contributed by atoms with E-state index in [0.717, 1.165) is 16.6 Å². The predicted octanol–water partition coefficient (Wildman–Crippen LogP) is 2.67. The minimum Gasteiger partial charge on any atom is -0.383 e. The molecule has 0 aliphatic rings. The van der Waals surface area contributed by atoms with Crippen molar-refractivity contribution >= 4 is 15.9 Å². The standard InChI is InChI=1S/C14H18BrN3O2/c1-3-16-12(9-19-2)8-13-17-14(18-20-13)10-4-6-11(15)7-5-10/h4-7,12,16H,3,8-9H2,1-2H3. The van der Waals surface area contributed by atoms with Crippen molar-refractivity contribution in [3.8, 4) is 11.4 Å². The van der Waals surface area contributed by atoms with Crippen molar-refractivity contribution < 1.29 is 9.26 Å². The monoisotopic (exact) mass is 339 g/mol. The Morgan fingerprint density at radius 1 is 1.35 bits per heavy atom. The number of aromatic nitrogens is 2. The van der Waals surface area contributed by atoms with Crippen LogP contribution in [-0.2, 0) is 11.2 Å². The summed E-state index contributed by atoms with van der Waals surface area (Å²) in [5, 5.41) is 7.35. The number of nitrogens with zero attached hydrogens (tertiary/aromatic N) is 2. The van der Waals surface area contributed by atoms with E-state index in [1.54, 1.807) is 7.11 Å². The molecular formula is C14H18BrN3O2. The third kappa shape index (κ3) is 4.13. The number of halogens is 1. The van der Waals surface area contributed by atoms with Crippen molar-refractivity contribution in [2.75, 3.05) is 20.3 Å². The normalized spacial score (nSPS) is 12.6. The molecule has 2 rings (SSSR count). The largest absolute Gasteiger partial charge is 0.383 e. The number of hydrogen-bond donors (Lipinski definition) is 1. The van der Waals surface area contributed by atoms with Crippen LogP contribution in [0.25, 0.3) is 11.4 Å². The number of nitrogens with one attached hydrogen (secondary N) is 1. The van der Waals surface area contributed by atoms with Crippen LogP contribution in [0.1, 0.15) is 12.8 Å². The van der Waals surface area contributed by atoms with Crippen LogP contribution in [0, 0.1) is 0 Å². The average molecular weight is 340 g/mol. The molecule has 5 nitrogen and oxygen atoms in total. The fourth-order valence-corrected chi connectivity index (χ4v) is 2.21. The van der Waals surface area contributed by atoms with Crippen LogP contribution < -0.4 is 5.32 Å². The van der Waals surface area contributed by atoms with Gasteiger partial charge in [0.2, 0.25) is 11.7 Å². The second-order valence-electron chi connectivity index (χ2n) is 4.43. The van der Waals surface area contributed by atoms with Gasteiger partial charge in [-0.3, -0.25) is 0 Å². The summed E-state index contributed by atoms with van der Waals surface area (Å²) in [6, 6.07) is 8.00. The average Bonchev–Trinajstić information content (AvgIpc) is 2.89. The van der Waals surface area contributed by atoms with Gasteiger partial charge in [0.1, 0.15) is 0 Å². The molecule has 108 valence electrons. The Bertz CT molecular complexity index is 521. The molecule has 0 radical (unpaired) electrons. The molecule has 0 aliphatic carbocycles. The molecule has 0 aliphatic heterocycles. The zero-order valence-corrected chi connectivity index (χ0v) is 13.2. The highest BCUT2D eigenvalue weighted by atomic mass is 79.9. The van der Waals surface area contributed by atoms with E-state index in [1.165, 1.54) is 0 Å². The van der Waals surface area contributed by atoms with Gasteiger partial charge in [-0.15, -0.1) is 0 Å². The van der Waals surface area contributed by atoms with Gasteiger partial charge in [0.15, 0.2) is 0 Å². The second-order valence-corrected chi connectivity index (χ2v) is 5.35. The summed E-state index contributed by atoms with van der Waals surface area (Å²) in [4.78, 5) is 4.43. The smallest absolute Gasteiger partial charge is 0.228 e. The molecule has 0 fully saturated rings. The molecule has 0 saturated heterocycles. The van der Waals surface area contributed by atoms with Gasteiger partial charge in [-0.25, -0.2) is 0 Å². The van der Waals surface area contributed by atoms with Crippen molar-refractivity contribution in [2.45, 2.75) is 19.4 Å². The molecule has 0 saturated carbocycles. The highest BCUT2D eigenvalue weighted by Gasteiger charge is 2.14. The lowest BCUT2D eigenvalue weighted by Crippen LogP contribution is -2.35. The van der Waals surface area contributed by atoms with Crippen LogP contribution in [0.5, 0.6) is 0 Å². The Hall–Kier alpha value is -1.24. The lowest BCUT2D eigenvalue weighted by Gasteiger charge is -2.14. The number of benzene rings is 1. The highest BCUT2D eigenvalue weighted by molar-refractivity contribution is 9.10. The van der Waals surface area contributed by atoms with Crippen molar-refractivity contribution in [1.82, 2.24) is 15.5 Å². The van der Waals surface area contributed by atoms with Crippen LogP contribution >= 0.6 is 15.9 Å². The first-order valence-corrected chi connectivity index (χ1v) is 7.33. The minimum atomic E-state index is 0.184. The van der Waals surface area contributed by atoms with Crippen molar-refractivity contribution in [3.05, 3.63) is 34.6 Å². The first-order valence-electron chi connectivity index (χ1n) is 6.53. The minimum absolute atomic E-state index is 0.184. The lowest BCUT2D eigenvalue weighted by molar-refractivity contribution is 0.162. The van der Waals surface area contributed by atoms with Gasteiger partial charge in [0.05, 0.1) is 6.61 Å². The van der Waals surface area contributed by atoms with Crippen molar-refractivity contribution in [3.63, 3.8) is 0 Å². The maximum Gasteiger partial charge on any atom is 0.228 e. The Labute approximate surface area is 126 Å². The van der Waals surface area contributed by atoms with Crippen molar-refractivity contribution in [1.29, 1.82) is 0 Å². The molecule has 2 aromatic rings. The molecule has 6 heteroatoms. The van der Waals surface area contributed by atoms with Crippen LogP contribution in [0.4, 0.5) is 0 Å². The summed E-state index contributed by atoms with van der Waals surface area (Å²) < 4.78 is 11.5. The maximum absolute atomic E-state index is 5.30. The third-order valence-electron chi connectivity index (χ3n) is 2.85. The predicted molar refractivity (Wildman–Crippen MR) is 80.5 cm³/mol. The molecule has 1 unspecified atom stereocenters. The summed E-state index contributed by atoms with van der Waals surface area (Å²) in [6.07, 6.45) is 0.658. The van der Waals surface area contributed by atoms with Crippen molar-refractivity contribution in [2.24, 2.45) is 0 Å². The molecule has 20 heavy (non-hydrogen) atoms. The van der Waals surface area contributed by atoms with Gasteiger partial charge in [-0.2, -0.15) is 4.98 Å². The number of rotatable bonds is 7. The summed E-state index contributed by atoms with van der Waals surface area (Å²) in [5.74, 6) is 1.23. The topological polar surface area (TPSA) is 60.2 Å². The van der Waals surface area contributed by atoms with Crippen LogP contribution in [0.3, 0.4) is 0 Å². The summed E-state index contributed by atoms with van der Waals surface area (Å²) >= 11 is 3.40. The second kappa shape index (κ2) is 7.52. The third-order valence-corrected chi connectivity index (χ3v) is 3.38. The summed E-state index contributed by atoms with van der Waals surface area (Å²) in [7, 11) is 1.69. The molecule has 0 amide bonds. The van der Waals surface area contributed by atoms with Crippen LogP contribution in [0.15, 0.2) is 33.3 Å². The Kier molecular flexibility index (Phi) is 5.70. The first kappa shape index (κ1) is 15.2. The summed E-state index contributed by atoms with van der Waals surface area (Å²) in [6.45, 7) is 3.55. The molecule has 1 aromatic heterocycles. The lowest BCUT2D eigenvalue weighted by atomic mass is 10.2. The first-order chi connectivity index (χ1) is 9.72. The zero-order chi connectivity index (χ0) is 14.4. The maximum atomic E-state index is 5.30. The number of hydrogen-bond acceptors (Lipinski definition) is 5. The van der Waals surface area contributed by atoms with Gasteiger partial charge in [-0.1, -0.05) is 28.0 Å². The highest BCUT2D eigenvalue weighted by Crippen LogP contribution is 2.19. The molecule has 1 atom stereocenters. The van der Waals surface area contributed by atoms with Gasteiger partial charge in [0.25, 0.3) is 0 Å². The van der Waals surface area contributed by atoms with Gasteiger partial charge >= 0.3 is 0 Å². The number of likely N-dealkylation sites (N-methyl/N-ethyl adjacent to an activating group) is 1. The number of ether oxygens (including phenoxy) is 1. The quantitative estimate of drug-likeness (QED) is 0.840. The van der Waals surface area contributed by atoms with Gasteiger partial charge in [-0.05, 0) is 30.8 Å². The Morgan fingerprint density at radius 3 is 2.75 bits per heavy atom. The fraction of sp³-hybridized carbons (Fsp3) is 0.429. The van der Waals surface area contributed by atoms with E-state index in [0.29, 0.717) is 24.7 Å². The zero-order valence-electron chi connectivity index (χ0n) is 11.6. The molecule has 1 N–H and O–H groups in total. The molecule has 0 bridgehead atoms. The van der Waals surface area contributed by atoms with E-state index in [9.17, 15) is 0 Å². The van der Waals surface area contributed by atoms with Crippen LogP contribution in [-0.4, -0.2) is 36.4 Å². The van der Waals surface area contributed by atoms with E-state index in [4.69, 9.17) is 9.26 Å². The summed E-state index contributed by atoms with van der Waals surface area (Å²) in [5.41, 5.74) is 0.940. The van der Waals surface area contributed by atoms with E-state index < -0.39 is 0 Å². The van der Waals surface area contributed by atoms with E-state index in [-0.39, 0.29) is 6.04 Å². The molecular weight excluding hydrogens is 322 g/mol. The fourth-order valence-electron chi connectivity index (χ4n) is 1.94. The van der Waals surface area contributed by atoms with Gasteiger partial charge < -0.3 is 14.6 Å². The number of methoxy groups -OCH3 is 1. The van der Waals surface area contributed by atoms with E-state index >= 15 is 0 Å². The molecule has 0 spiro atoms.